The molecule has 0 heterocycles. The van der Waals surface area contributed by atoms with Crippen molar-refractivity contribution in [2.24, 2.45) is 5.41 Å². The number of terminal acetylenes is 1. The normalized spacial score (nSPS) is 19.6. The van der Waals surface area contributed by atoms with E-state index in [0.29, 0.717) is 12.0 Å². The minimum Gasteiger partial charge on any atom is -0.344 e. The first-order chi connectivity index (χ1) is 8.13. The zero-order chi connectivity index (χ0) is 12.7. The van der Waals surface area contributed by atoms with Crippen LogP contribution < -0.4 is 10.6 Å². The van der Waals surface area contributed by atoms with Crippen LogP contribution in [0.5, 0.6) is 0 Å². The molecule has 0 saturated heterocycles. The summed E-state index contributed by atoms with van der Waals surface area (Å²) in [4.78, 5) is 11.6. The third-order valence-electron chi connectivity index (χ3n) is 3.96. The van der Waals surface area contributed by atoms with E-state index in [2.05, 4.69) is 23.5 Å². The van der Waals surface area contributed by atoms with E-state index in [1.165, 1.54) is 32.1 Å². The van der Waals surface area contributed by atoms with Crippen LogP contribution in [0.25, 0.3) is 0 Å². The third-order valence-corrected chi connectivity index (χ3v) is 3.96. The topological polar surface area (TPSA) is 41.1 Å². The summed E-state index contributed by atoms with van der Waals surface area (Å²) in [6.07, 6.45) is 11.5. The van der Waals surface area contributed by atoms with Crippen LogP contribution in [-0.4, -0.2) is 25.0 Å². The number of amides is 1. The zero-order valence-electron chi connectivity index (χ0n) is 11.0. The summed E-state index contributed by atoms with van der Waals surface area (Å²) < 4.78 is 0. The van der Waals surface area contributed by atoms with Gasteiger partial charge < -0.3 is 10.6 Å². The molecule has 3 nitrogen and oxygen atoms in total. The van der Waals surface area contributed by atoms with Gasteiger partial charge in [-0.1, -0.05) is 25.7 Å². The molecule has 1 saturated carbocycles. The fraction of sp³-hybridized carbons (Fsp3) is 0.786. The Morgan fingerprint density at radius 3 is 2.65 bits per heavy atom. The zero-order valence-corrected chi connectivity index (χ0v) is 11.0. The average molecular weight is 236 g/mol. The molecule has 96 valence electrons. The Bertz CT molecular complexity index is 287. The molecular weight excluding hydrogens is 212 g/mol. The van der Waals surface area contributed by atoms with Crippen molar-refractivity contribution < 1.29 is 4.79 Å². The Kier molecular flexibility index (Phi) is 5.50. The van der Waals surface area contributed by atoms with Crippen LogP contribution in [0, 0.1) is 17.8 Å². The second-order valence-corrected chi connectivity index (χ2v) is 5.09. The lowest BCUT2D eigenvalue weighted by Crippen LogP contribution is -2.46. The smallest absolute Gasteiger partial charge is 0.237 e. The minimum absolute atomic E-state index is 0.00722. The van der Waals surface area contributed by atoms with Crippen molar-refractivity contribution in [2.75, 3.05) is 13.1 Å². The summed E-state index contributed by atoms with van der Waals surface area (Å²) in [6, 6.07) is -0.160. The summed E-state index contributed by atoms with van der Waals surface area (Å²) in [5.74, 6) is 2.40. The molecule has 0 spiro atoms. The molecule has 1 aliphatic carbocycles. The Morgan fingerprint density at radius 1 is 1.47 bits per heavy atom. The maximum atomic E-state index is 11.6. The van der Waals surface area contributed by atoms with E-state index in [9.17, 15) is 4.79 Å². The molecule has 1 fully saturated rings. The Labute approximate surface area is 105 Å². The van der Waals surface area contributed by atoms with Crippen molar-refractivity contribution in [1.82, 2.24) is 10.6 Å². The number of rotatable bonds is 6. The van der Waals surface area contributed by atoms with E-state index in [1.54, 1.807) is 0 Å². The fourth-order valence-corrected chi connectivity index (χ4v) is 2.53. The van der Waals surface area contributed by atoms with Gasteiger partial charge in [0.05, 0.1) is 12.6 Å². The monoisotopic (exact) mass is 236 g/mol. The lowest BCUT2D eigenvalue weighted by Gasteiger charge is -2.29. The third kappa shape index (κ3) is 4.05. The molecule has 3 heteroatoms. The number of carbonyl (C=O) groups is 1. The highest BCUT2D eigenvalue weighted by Gasteiger charge is 2.32. The SMILES string of the molecule is C#CCNC(=O)C(C)NCC1(CC)CCCC1. The summed E-state index contributed by atoms with van der Waals surface area (Å²) in [6.45, 7) is 5.39. The number of nitrogens with one attached hydrogen (secondary N) is 2. The molecule has 0 aromatic carbocycles. The second-order valence-electron chi connectivity index (χ2n) is 5.09. The van der Waals surface area contributed by atoms with Gasteiger partial charge in [-0.25, -0.2) is 0 Å². The van der Waals surface area contributed by atoms with Gasteiger partial charge in [0.2, 0.25) is 5.91 Å². The Hall–Kier alpha value is -1.01. The Balaban J connectivity index is 2.34. The first kappa shape index (κ1) is 14.1. The molecule has 1 aliphatic rings. The van der Waals surface area contributed by atoms with E-state index < -0.39 is 0 Å². The van der Waals surface area contributed by atoms with Gasteiger partial charge in [-0.05, 0) is 31.6 Å². The van der Waals surface area contributed by atoms with E-state index >= 15 is 0 Å². The van der Waals surface area contributed by atoms with Gasteiger partial charge in [-0.15, -0.1) is 6.42 Å². The quantitative estimate of drug-likeness (QED) is 0.689. The molecule has 0 aliphatic heterocycles. The van der Waals surface area contributed by atoms with Crippen LogP contribution in [0.2, 0.25) is 0 Å². The highest BCUT2D eigenvalue weighted by atomic mass is 16.2. The highest BCUT2D eigenvalue weighted by Crippen LogP contribution is 2.40. The van der Waals surface area contributed by atoms with Crippen molar-refractivity contribution in [3.8, 4) is 12.3 Å². The van der Waals surface area contributed by atoms with E-state index in [-0.39, 0.29) is 11.9 Å². The fourth-order valence-electron chi connectivity index (χ4n) is 2.53. The number of hydrogen-bond acceptors (Lipinski definition) is 2. The van der Waals surface area contributed by atoms with Crippen LogP contribution >= 0.6 is 0 Å². The molecule has 1 unspecified atom stereocenters. The predicted octanol–water partition coefficient (Wildman–Crippen LogP) is 1.68. The van der Waals surface area contributed by atoms with Crippen LogP contribution in [0.3, 0.4) is 0 Å². The van der Waals surface area contributed by atoms with Crippen molar-refractivity contribution >= 4 is 5.91 Å². The average Bonchev–Trinajstić information content (AvgIpc) is 2.82. The summed E-state index contributed by atoms with van der Waals surface area (Å²) in [7, 11) is 0. The molecule has 0 bridgehead atoms. The summed E-state index contributed by atoms with van der Waals surface area (Å²) in [5.41, 5.74) is 0.417. The maximum absolute atomic E-state index is 11.6. The van der Waals surface area contributed by atoms with E-state index in [1.807, 2.05) is 6.92 Å². The molecule has 0 aromatic heterocycles. The molecule has 1 amide bonds. The molecular formula is C14H24N2O. The lowest BCUT2D eigenvalue weighted by atomic mass is 9.83. The van der Waals surface area contributed by atoms with Gasteiger partial charge in [0.15, 0.2) is 0 Å². The molecule has 1 rings (SSSR count). The second kappa shape index (κ2) is 6.66. The standard InChI is InChI=1S/C14H24N2O/c1-4-10-15-13(17)12(3)16-11-14(5-2)8-6-7-9-14/h1,12,16H,5-11H2,2-3H3,(H,15,17). The molecule has 2 N–H and O–H groups in total. The first-order valence-corrected chi connectivity index (χ1v) is 6.58. The van der Waals surface area contributed by atoms with Gasteiger partial charge >= 0.3 is 0 Å². The summed E-state index contributed by atoms with van der Waals surface area (Å²) >= 11 is 0. The van der Waals surface area contributed by atoms with Crippen LogP contribution in [0.15, 0.2) is 0 Å². The maximum Gasteiger partial charge on any atom is 0.237 e. The molecule has 1 atom stereocenters. The number of carbonyl (C=O) groups excluding carboxylic acids is 1. The lowest BCUT2D eigenvalue weighted by molar-refractivity contribution is -0.122. The molecule has 0 aromatic rings. The van der Waals surface area contributed by atoms with Gasteiger partial charge in [0, 0.05) is 6.54 Å². The van der Waals surface area contributed by atoms with Crippen molar-refractivity contribution in [2.45, 2.75) is 52.0 Å². The number of hydrogen-bond donors (Lipinski definition) is 2. The van der Waals surface area contributed by atoms with Crippen molar-refractivity contribution in [1.29, 1.82) is 0 Å². The van der Waals surface area contributed by atoms with E-state index in [4.69, 9.17) is 6.42 Å². The van der Waals surface area contributed by atoms with Crippen LogP contribution in [0.1, 0.15) is 46.0 Å². The molecule has 17 heavy (non-hydrogen) atoms. The van der Waals surface area contributed by atoms with Crippen LogP contribution in [-0.2, 0) is 4.79 Å². The van der Waals surface area contributed by atoms with Crippen molar-refractivity contribution in [3.05, 3.63) is 0 Å². The van der Waals surface area contributed by atoms with E-state index in [0.717, 1.165) is 6.54 Å². The summed E-state index contributed by atoms with van der Waals surface area (Å²) in [5, 5.41) is 6.04. The van der Waals surface area contributed by atoms with Gasteiger partial charge in [-0.2, -0.15) is 0 Å². The highest BCUT2D eigenvalue weighted by molar-refractivity contribution is 5.81. The van der Waals surface area contributed by atoms with Crippen LogP contribution in [0.4, 0.5) is 0 Å². The van der Waals surface area contributed by atoms with Crippen molar-refractivity contribution in [3.63, 3.8) is 0 Å². The first-order valence-electron chi connectivity index (χ1n) is 6.58. The molecule has 0 radical (unpaired) electrons. The minimum atomic E-state index is -0.160. The predicted molar refractivity (Wildman–Crippen MR) is 70.5 cm³/mol. The largest absolute Gasteiger partial charge is 0.344 e. The van der Waals surface area contributed by atoms with Gasteiger partial charge in [0.25, 0.3) is 0 Å². The van der Waals surface area contributed by atoms with Gasteiger partial charge in [0.1, 0.15) is 0 Å². The Morgan fingerprint density at radius 2 is 2.12 bits per heavy atom. The van der Waals surface area contributed by atoms with Gasteiger partial charge in [-0.3, -0.25) is 4.79 Å².